The predicted octanol–water partition coefficient (Wildman–Crippen LogP) is 1.62. The molecule has 7 heteroatoms. The third-order valence-corrected chi connectivity index (χ3v) is 6.62. The number of rotatable bonds is 4. The van der Waals surface area contributed by atoms with Gasteiger partial charge in [-0.1, -0.05) is 18.2 Å². The van der Waals surface area contributed by atoms with Gasteiger partial charge in [0.05, 0.1) is 6.10 Å². The lowest BCUT2D eigenvalue weighted by atomic mass is 9.87. The van der Waals surface area contributed by atoms with Gasteiger partial charge in [0.15, 0.2) is 0 Å². The normalized spacial score (nSPS) is 27.1. The van der Waals surface area contributed by atoms with Crippen LogP contribution < -0.4 is 5.32 Å². The molecule has 1 fully saturated rings. The highest BCUT2D eigenvalue weighted by atomic mass is 32.1. The van der Waals surface area contributed by atoms with Gasteiger partial charge in [0, 0.05) is 36.6 Å². The number of aliphatic hydroxyl groups is 3. The Morgan fingerprint density at radius 2 is 2.19 bits per heavy atom. The first-order chi connectivity index (χ1) is 13.0. The average Bonchev–Trinajstić information content (AvgIpc) is 3.20. The Balaban J connectivity index is 1.41. The maximum atomic E-state index is 11.5. The number of piperidine rings is 1. The van der Waals surface area contributed by atoms with E-state index in [4.69, 9.17) is 0 Å². The zero-order valence-corrected chi connectivity index (χ0v) is 15.8. The third-order valence-electron chi connectivity index (χ3n) is 5.58. The fourth-order valence-corrected chi connectivity index (χ4v) is 4.82. The van der Waals surface area contributed by atoms with Crippen molar-refractivity contribution in [3.8, 4) is 0 Å². The highest BCUT2D eigenvalue weighted by Gasteiger charge is 2.43. The monoisotopic (exact) mass is 388 g/mol. The van der Waals surface area contributed by atoms with E-state index in [0.29, 0.717) is 38.9 Å². The van der Waals surface area contributed by atoms with E-state index in [2.05, 4.69) is 5.32 Å². The lowest BCUT2D eigenvalue weighted by Gasteiger charge is -2.42. The quantitative estimate of drug-likeness (QED) is 0.639. The van der Waals surface area contributed by atoms with Gasteiger partial charge in [-0.2, -0.15) is 0 Å². The summed E-state index contributed by atoms with van der Waals surface area (Å²) in [6.07, 6.45) is -0.00850. The molecule has 0 saturated carbocycles. The number of likely N-dealkylation sites (tertiary alicyclic amines) is 1. The first-order valence-corrected chi connectivity index (χ1v) is 10.1. The summed E-state index contributed by atoms with van der Waals surface area (Å²) in [5.41, 5.74) is 1.45. The zero-order valence-electron chi connectivity index (χ0n) is 15.0. The molecule has 1 saturated heterocycles. The average molecular weight is 388 g/mol. The number of fused-ring (bicyclic) bond motifs is 1. The highest BCUT2D eigenvalue weighted by Crippen LogP contribution is 2.36. The molecule has 1 amide bonds. The third kappa shape index (κ3) is 3.66. The van der Waals surface area contributed by atoms with Gasteiger partial charge in [-0.25, -0.2) is 0 Å². The van der Waals surface area contributed by atoms with Crippen LogP contribution in [-0.2, 0) is 16.8 Å². The van der Waals surface area contributed by atoms with E-state index in [0.717, 1.165) is 21.7 Å². The van der Waals surface area contributed by atoms with Gasteiger partial charge < -0.3 is 20.6 Å². The second kappa shape index (κ2) is 7.33. The summed E-state index contributed by atoms with van der Waals surface area (Å²) < 4.78 is 0. The van der Waals surface area contributed by atoms with Crippen LogP contribution in [0.2, 0.25) is 0 Å². The minimum Gasteiger partial charge on any atom is -0.388 e. The molecule has 4 rings (SSSR count). The van der Waals surface area contributed by atoms with Crippen molar-refractivity contribution in [1.82, 2.24) is 4.90 Å². The number of β-amino-alcohol motifs (C(OH)–C–C–N with tert-alkyl or cyclic N) is 2. The summed E-state index contributed by atoms with van der Waals surface area (Å²) in [6.45, 7) is 1.30. The number of hydrogen-bond acceptors (Lipinski definition) is 6. The van der Waals surface area contributed by atoms with Crippen LogP contribution in [0, 0.1) is 0 Å². The summed E-state index contributed by atoms with van der Waals surface area (Å²) in [6, 6.07) is 9.34. The first-order valence-electron chi connectivity index (χ1n) is 9.23. The molecule has 0 unspecified atom stereocenters. The Morgan fingerprint density at radius 3 is 2.93 bits per heavy atom. The number of carbonyl (C=O) groups is 1. The van der Waals surface area contributed by atoms with Crippen LogP contribution in [-0.4, -0.2) is 51.9 Å². The van der Waals surface area contributed by atoms with Gasteiger partial charge in [0.2, 0.25) is 5.91 Å². The molecule has 0 aliphatic carbocycles. The number of nitrogens with zero attached hydrogens (tertiary/aromatic N) is 1. The molecule has 2 aliphatic heterocycles. The van der Waals surface area contributed by atoms with E-state index in [1.165, 1.54) is 11.3 Å². The van der Waals surface area contributed by atoms with Crippen molar-refractivity contribution in [1.29, 1.82) is 0 Å². The number of hydrogen-bond donors (Lipinski definition) is 4. The molecule has 1 aromatic heterocycles. The first kappa shape index (κ1) is 18.6. The summed E-state index contributed by atoms with van der Waals surface area (Å²) >= 11 is 1.45. The van der Waals surface area contributed by atoms with Gasteiger partial charge in [-0.3, -0.25) is 9.69 Å². The molecule has 1 aromatic carbocycles. The number of amides is 1. The minimum absolute atomic E-state index is 0.0244. The van der Waals surface area contributed by atoms with Crippen LogP contribution in [0.15, 0.2) is 35.7 Å². The van der Waals surface area contributed by atoms with Crippen LogP contribution in [0.3, 0.4) is 0 Å². The molecular formula is C20H24N2O4S. The summed E-state index contributed by atoms with van der Waals surface area (Å²) in [7, 11) is 0. The van der Waals surface area contributed by atoms with E-state index >= 15 is 0 Å². The fraction of sp³-hybridized carbons (Fsp3) is 0.450. The second-order valence-electron chi connectivity index (χ2n) is 7.41. The molecule has 27 heavy (non-hydrogen) atoms. The largest absolute Gasteiger partial charge is 0.388 e. The summed E-state index contributed by atoms with van der Waals surface area (Å²) in [5, 5.41) is 36.8. The van der Waals surface area contributed by atoms with Crippen molar-refractivity contribution >= 4 is 22.9 Å². The number of nitrogens with one attached hydrogen (secondary N) is 1. The number of anilines is 1. The summed E-state index contributed by atoms with van der Waals surface area (Å²) in [4.78, 5) is 14.2. The van der Waals surface area contributed by atoms with Crippen molar-refractivity contribution in [3.05, 3.63) is 51.7 Å². The lowest BCUT2D eigenvalue weighted by molar-refractivity contribution is -0.126. The number of benzene rings is 1. The van der Waals surface area contributed by atoms with Crippen LogP contribution in [0.1, 0.15) is 34.9 Å². The standard InChI is InChI=1S/C20H24N2O4S/c23-16(14-3-5-15-13(10-14)4-6-19(25)21-15)11-22-8-7-20(26,17(24)12-22)18-2-1-9-27-18/h1-3,5,9-10,16-17,23-24,26H,4,6-8,11-12H2,(H,21,25)/t16-,17+,20-/m0/s1. The molecule has 4 N–H and O–H groups in total. The highest BCUT2D eigenvalue weighted by molar-refractivity contribution is 7.10. The van der Waals surface area contributed by atoms with Crippen LogP contribution in [0.4, 0.5) is 5.69 Å². The van der Waals surface area contributed by atoms with Crippen molar-refractivity contribution in [2.24, 2.45) is 0 Å². The molecule has 0 bridgehead atoms. The molecular weight excluding hydrogens is 364 g/mol. The molecule has 0 spiro atoms. The molecule has 2 aliphatic rings. The smallest absolute Gasteiger partial charge is 0.224 e. The maximum Gasteiger partial charge on any atom is 0.224 e. The zero-order chi connectivity index (χ0) is 19.0. The van der Waals surface area contributed by atoms with Crippen LogP contribution >= 0.6 is 11.3 Å². The van der Waals surface area contributed by atoms with Gasteiger partial charge in [-0.05, 0) is 41.5 Å². The van der Waals surface area contributed by atoms with Gasteiger partial charge >= 0.3 is 0 Å². The molecule has 144 valence electrons. The SMILES string of the molecule is O=C1CCc2cc([C@@H](O)CN3CC[C@@](O)(c4cccs4)[C@H](O)C3)ccc2N1. The number of aliphatic hydroxyl groups excluding tert-OH is 2. The maximum absolute atomic E-state index is 11.5. The molecule has 3 atom stereocenters. The Labute approximate surface area is 162 Å². The fourth-order valence-electron chi connectivity index (χ4n) is 3.92. The predicted molar refractivity (Wildman–Crippen MR) is 104 cm³/mol. The molecule has 0 radical (unpaired) electrons. The second-order valence-corrected chi connectivity index (χ2v) is 8.36. The van der Waals surface area contributed by atoms with Crippen LogP contribution in [0.25, 0.3) is 0 Å². The van der Waals surface area contributed by atoms with Crippen molar-refractivity contribution < 1.29 is 20.1 Å². The van der Waals surface area contributed by atoms with E-state index in [1.807, 2.05) is 40.6 Å². The minimum atomic E-state index is -1.21. The Hall–Kier alpha value is -1.77. The van der Waals surface area contributed by atoms with Gasteiger partial charge in [0.25, 0.3) is 0 Å². The summed E-state index contributed by atoms with van der Waals surface area (Å²) in [5.74, 6) is 0.0244. The molecule has 2 aromatic rings. The Morgan fingerprint density at radius 1 is 1.33 bits per heavy atom. The molecule has 6 nitrogen and oxygen atoms in total. The van der Waals surface area contributed by atoms with Crippen LogP contribution in [0.5, 0.6) is 0 Å². The Kier molecular flexibility index (Phi) is 5.05. The topological polar surface area (TPSA) is 93.0 Å². The Bertz CT molecular complexity index is 825. The van der Waals surface area contributed by atoms with E-state index in [9.17, 15) is 20.1 Å². The van der Waals surface area contributed by atoms with Crippen molar-refractivity contribution in [3.63, 3.8) is 0 Å². The molecule has 3 heterocycles. The number of aryl methyl sites for hydroxylation is 1. The van der Waals surface area contributed by atoms with Crippen molar-refractivity contribution in [2.75, 3.05) is 25.0 Å². The van der Waals surface area contributed by atoms with E-state index in [1.54, 1.807) is 0 Å². The lowest BCUT2D eigenvalue weighted by Crippen LogP contribution is -2.53. The van der Waals surface area contributed by atoms with Crippen molar-refractivity contribution in [2.45, 2.75) is 37.1 Å². The number of thiophene rings is 1. The van der Waals surface area contributed by atoms with E-state index < -0.39 is 17.8 Å². The van der Waals surface area contributed by atoms with Gasteiger partial charge in [0.1, 0.15) is 11.7 Å². The number of carbonyl (C=O) groups excluding carboxylic acids is 1. The van der Waals surface area contributed by atoms with E-state index in [-0.39, 0.29) is 5.91 Å². The van der Waals surface area contributed by atoms with Gasteiger partial charge in [-0.15, -0.1) is 11.3 Å².